The van der Waals surface area contributed by atoms with Crippen molar-refractivity contribution in [1.29, 1.82) is 0 Å². The molecule has 2 rings (SSSR count). The lowest BCUT2D eigenvalue weighted by atomic mass is 10.1. The van der Waals surface area contributed by atoms with Gasteiger partial charge in [0, 0.05) is 11.9 Å². The summed E-state index contributed by atoms with van der Waals surface area (Å²) in [5.41, 5.74) is 0.979. The van der Waals surface area contributed by atoms with Crippen molar-refractivity contribution in [3.05, 3.63) is 42.5 Å². The number of anilines is 1. The molecule has 0 aliphatic rings. The molecule has 100 valence electrons. The van der Waals surface area contributed by atoms with E-state index in [0.29, 0.717) is 6.54 Å². The molecule has 1 N–H and O–H groups in total. The molecule has 0 fully saturated rings. The number of nitrogens with zero attached hydrogens (tertiary/aromatic N) is 1. The number of fused-ring (bicyclic) bond motifs is 1. The van der Waals surface area contributed by atoms with Crippen molar-refractivity contribution < 1.29 is 4.79 Å². The Morgan fingerprint density at radius 3 is 2.58 bits per heavy atom. The monoisotopic (exact) mass is 256 g/mol. The summed E-state index contributed by atoms with van der Waals surface area (Å²) in [6, 6.07) is 14.0. The maximum Gasteiger partial charge on any atom is 0.243 e. The fourth-order valence-corrected chi connectivity index (χ4v) is 2.25. The summed E-state index contributed by atoms with van der Waals surface area (Å²) in [7, 11) is 1.81. The van der Waals surface area contributed by atoms with E-state index in [-0.39, 0.29) is 11.9 Å². The zero-order valence-corrected chi connectivity index (χ0v) is 11.7. The average molecular weight is 256 g/mol. The summed E-state index contributed by atoms with van der Waals surface area (Å²) in [5.74, 6) is 0.0985. The number of carbonyl (C=O) groups is 1. The number of nitrogens with one attached hydrogen (secondary N) is 1. The van der Waals surface area contributed by atoms with E-state index in [9.17, 15) is 4.79 Å². The standard InChI is InChI=1S/C16H20N2O/c1-4-18(16(19)12(2)17-3)15-11-7-9-13-8-5-6-10-14(13)15/h5-12,17H,4H2,1-3H3/t12-/m1/s1. The van der Waals surface area contributed by atoms with Crippen LogP contribution in [0.4, 0.5) is 5.69 Å². The first-order valence-electron chi connectivity index (χ1n) is 6.65. The number of benzene rings is 2. The fraction of sp³-hybridized carbons (Fsp3) is 0.312. The Labute approximate surface area is 114 Å². The van der Waals surface area contributed by atoms with Crippen LogP contribution >= 0.6 is 0 Å². The van der Waals surface area contributed by atoms with Crippen LogP contribution in [-0.4, -0.2) is 25.5 Å². The van der Waals surface area contributed by atoms with Crippen molar-refractivity contribution in [1.82, 2.24) is 5.32 Å². The second-order valence-corrected chi connectivity index (χ2v) is 4.59. The van der Waals surface area contributed by atoms with Gasteiger partial charge in [-0.05, 0) is 32.3 Å². The van der Waals surface area contributed by atoms with Gasteiger partial charge in [-0.1, -0.05) is 36.4 Å². The second kappa shape index (κ2) is 5.85. The summed E-state index contributed by atoms with van der Waals surface area (Å²) in [5, 5.41) is 5.28. The lowest BCUT2D eigenvalue weighted by molar-refractivity contribution is -0.120. The first-order chi connectivity index (χ1) is 9.19. The Morgan fingerprint density at radius 1 is 1.21 bits per heavy atom. The summed E-state index contributed by atoms with van der Waals surface area (Å²) < 4.78 is 0. The molecule has 0 saturated heterocycles. The predicted octanol–water partition coefficient (Wildman–Crippen LogP) is 2.80. The van der Waals surface area contributed by atoms with Crippen LogP contribution in [0.15, 0.2) is 42.5 Å². The quantitative estimate of drug-likeness (QED) is 0.912. The van der Waals surface area contributed by atoms with Crippen LogP contribution < -0.4 is 10.2 Å². The van der Waals surface area contributed by atoms with Crippen molar-refractivity contribution >= 4 is 22.4 Å². The molecule has 1 amide bonds. The highest BCUT2D eigenvalue weighted by Crippen LogP contribution is 2.27. The van der Waals surface area contributed by atoms with Crippen LogP contribution in [0.2, 0.25) is 0 Å². The maximum absolute atomic E-state index is 12.4. The van der Waals surface area contributed by atoms with E-state index in [4.69, 9.17) is 0 Å². The molecule has 0 unspecified atom stereocenters. The summed E-state index contributed by atoms with van der Waals surface area (Å²) in [6.45, 7) is 4.55. The molecule has 0 heterocycles. The van der Waals surface area contributed by atoms with Gasteiger partial charge < -0.3 is 10.2 Å². The number of carbonyl (C=O) groups excluding carboxylic acids is 1. The van der Waals surface area contributed by atoms with E-state index in [1.807, 2.05) is 43.0 Å². The van der Waals surface area contributed by atoms with Gasteiger partial charge in [0.15, 0.2) is 0 Å². The molecule has 3 nitrogen and oxygen atoms in total. The topological polar surface area (TPSA) is 32.3 Å². The lowest BCUT2D eigenvalue weighted by Gasteiger charge is -2.25. The number of rotatable bonds is 4. The van der Waals surface area contributed by atoms with Crippen molar-refractivity contribution in [3.63, 3.8) is 0 Å². The van der Waals surface area contributed by atoms with Crippen LogP contribution in [0.3, 0.4) is 0 Å². The van der Waals surface area contributed by atoms with Crippen LogP contribution in [0.1, 0.15) is 13.8 Å². The van der Waals surface area contributed by atoms with E-state index in [0.717, 1.165) is 16.5 Å². The van der Waals surface area contributed by atoms with Gasteiger partial charge in [-0.2, -0.15) is 0 Å². The molecule has 1 atom stereocenters. The Hall–Kier alpha value is -1.87. The fourth-order valence-electron chi connectivity index (χ4n) is 2.25. The van der Waals surface area contributed by atoms with Crippen molar-refractivity contribution in [2.75, 3.05) is 18.5 Å². The van der Waals surface area contributed by atoms with Crippen LogP contribution in [0.25, 0.3) is 10.8 Å². The average Bonchev–Trinajstić information content (AvgIpc) is 2.47. The van der Waals surface area contributed by atoms with Gasteiger partial charge in [0.2, 0.25) is 5.91 Å². The third kappa shape index (κ3) is 2.61. The van der Waals surface area contributed by atoms with Crippen LogP contribution in [0.5, 0.6) is 0 Å². The lowest BCUT2D eigenvalue weighted by Crippen LogP contribution is -2.43. The van der Waals surface area contributed by atoms with Gasteiger partial charge in [0.05, 0.1) is 11.7 Å². The van der Waals surface area contributed by atoms with E-state index in [1.54, 1.807) is 7.05 Å². The molecule has 0 aliphatic carbocycles. The molecule has 0 aliphatic heterocycles. The summed E-state index contributed by atoms with van der Waals surface area (Å²) in [6.07, 6.45) is 0. The number of likely N-dealkylation sites (N-methyl/N-ethyl adjacent to an activating group) is 2. The number of amides is 1. The predicted molar refractivity (Wildman–Crippen MR) is 80.5 cm³/mol. The highest BCUT2D eigenvalue weighted by molar-refractivity contribution is 6.05. The molecule has 2 aromatic rings. The van der Waals surface area contributed by atoms with Crippen LogP contribution in [0, 0.1) is 0 Å². The first kappa shape index (κ1) is 13.6. The van der Waals surface area contributed by atoms with Crippen molar-refractivity contribution in [2.45, 2.75) is 19.9 Å². The van der Waals surface area contributed by atoms with Gasteiger partial charge >= 0.3 is 0 Å². The summed E-state index contributed by atoms with van der Waals surface area (Å²) >= 11 is 0. The molecule has 19 heavy (non-hydrogen) atoms. The van der Waals surface area contributed by atoms with Gasteiger partial charge in [0.25, 0.3) is 0 Å². The summed E-state index contributed by atoms with van der Waals surface area (Å²) in [4.78, 5) is 14.2. The Kier molecular flexibility index (Phi) is 4.17. The van der Waals surface area contributed by atoms with Crippen LogP contribution in [-0.2, 0) is 4.79 Å². The van der Waals surface area contributed by atoms with Gasteiger partial charge in [-0.15, -0.1) is 0 Å². The zero-order valence-electron chi connectivity index (χ0n) is 11.7. The molecular formula is C16H20N2O. The Morgan fingerprint density at radius 2 is 1.89 bits per heavy atom. The molecule has 0 spiro atoms. The van der Waals surface area contributed by atoms with E-state index >= 15 is 0 Å². The highest BCUT2D eigenvalue weighted by atomic mass is 16.2. The van der Waals surface area contributed by atoms with Crippen molar-refractivity contribution in [2.24, 2.45) is 0 Å². The SMILES string of the molecule is CCN(C(=O)[C@@H](C)NC)c1cccc2ccccc12. The molecule has 0 bridgehead atoms. The molecule has 0 saturated carbocycles. The van der Waals surface area contributed by atoms with E-state index in [1.165, 1.54) is 0 Å². The third-order valence-corrected chi connectivity index (χ3v) is 3.44. The normalized spacial score (nSPS) is 12.4. The van der Waals surface area contributed by atoms with Gasteiger partial charge in [-0.3, -0.25) is 4.79 Å². The first-order valence-corrected chi connectivity index (χ1v) is 6.65. The minimum Gasteiger partial charge on any atom is -0.311 e. The van der Waals surface area contributed by atoms with Gasteiger partial charge in [-0.25, -0.2) is 0 Å². The number of hydrogen-bond donors (Lipinski definition) is 1. The van der Waals surface area contributed by atoms with E-state index in [2.05, 4.69) is 23.5 Å². The highest BCUT2D eigenvalue weighted by Gasteiger charge is 2.20. The van der Waals surface area contributed by atoms with Crippen molar-refractivity contribution in [3.8, 4) is 0 Å². The maximum atomic E-state index is 12.4. The third-order valence-electron chi connectivity index (χ3n) is 3.44. The smallest absolute Gasteiger partial charge is 0.243 e. The molecule has 0 radical (unpaired) electrons. The molecule has 2 aromatic carbocycles. The zero-order chi connectivity index (χ0) is 13.8. The molecule has 0 aromatic heterocycles. The minimum atomic E-state index is -0.182. The Balaban J connectivity index is 2.49. The van der Waals surface area contributed by atoms with Gasteiger partial charge in [0.1, 0.15) is 0 Å². The number of hydrogen-bond acceptors (Lipinski definition) is 2. The molecular weight excluding hydrogens is 236 g/mol. The largest absolute Gasteiger partial charge is 0.311 e. The minimum absolute atomic E-state index is 0.0985. The van der Waals surface area contributed by atoms with E-state index < -0.39 is 0 Å². The Bertz CT molecular complexity index is 574. The second-order valence-electron chi connectivity index (χ2n) is 4.59. The molecule has 3 heteroatoms.